The Hall–Kier alpha value is -1.38. The summed E-state index contributed by atoms with van der Waals surface area (Å²) in [6.45, 7) is 12.4. The first-order valence-corrected chi connectivity index (χ1v) is 11.6. The SMILES string of the molecule is C=C1/C(=C\C=C2/CCC[C@@]3(C)C2CC[C@@H]3C(C)C=C=CC(C)(C)O)CC(O)C[C@@H]1O. The minimum atomic E-state index is -0.823. The van der Waals surface area contributed by atoms with Crippen molar-refractivity contribution in [3.63, 3.8) is 0 Å². The van der Waals surface area contributed by atoms with Crippen LogP contribution in [0.2, 0.25) is 0 Å². The molecule has 3 saturated carbocycles. The van der Waals surface area contributed by atoms with Crippen molar-refractivity contribution in [3.05, 3.63) is 53.3 Å². The Labute approximate surface area is 182 Å². The van der Waals surface area contributed by atoms with Gasteiger partial charge in [0, 0.05) is 6.42 Å². The van der Waals surface area contributed by atoms with Crippen LogP contribution in [-0.4, -0.2) is 33.1 Å². The number of hydrogen-bond donors (Lipinski definition) is 3. The highest BCUT2D eigenvalue weighted by Crippen LogP contribution is 2.59. The molecule has 6 atom stereocenters. The van der Waals surface area contributed by atoms with Crippen LogP contribution in [-0.2, 0) is 0 Å². The topological polar surface area (TPSA) is 60.7 Å². The summed E-state index contributed by atoms with van der Waals surface area (Å²) in [4.78, 5) is 0. The molecule has 3 heteroatoms. The number of allylic oxidation sites excluding steroid dienone is 3. The first-order chi connectivity index (χ1) is 14.0. The monoisotopic (exact) mass is 412 g/mol. The molecule has 3 rings (SSSR count). The van der Waals surface area contributed by atoms with Crippen LogP contribution >= 0.6 is 0 Å². The Kier molecular flexibility index (Phi) is 6.99. The second-order valence-corrected chi connectivity index (χ2v) is 10.7. The first-order valence-electron chi connectivity index (χ1n) is 11.6. The summed E-state index contributed by atoms with van der Waals surface area (Å²) in [7, 11) is 0. The van der Waals surface area contributed by atoms with E-state index in [2.05, 4.69) is 44.4 Å². The summed E-state index contributed by atoms with van der Waals surface area (Å²) in [6, 6.07) is 0. The van der Waals surface area contributed by atoms with Gasteiger partial charge < -0.3 is 15.3 Å². The molecule has 3 aliphatic carbocycles. The molecule has 0 aromatic rings. The summed E-state index contributed by atoms with van der Waals surface area (Å²) < 4.78 is 0. The van der Waals surface area contributed by atoms with E-state index in [1.54, 1.807) is 19.9 Å². The van der Waals surface area contributed by atoms with E-state index in [1.165, 1.54) is 31.3 Å². The van der Waals surface area contributed by atoms with Crippen molar-refractivity contribution < 1.29 is 15.3 Å². The summed E-state index contributed by atoms with van der Waals surface area (Å²) >= 11 is 0. The largest absolute Gasteiger partial charge is 0.393 e. The molecule has 0 heterocycles. The van der Waals surface area contributed by atoms with Gasteiger partial charge in [0.15, 0.2) is 0 Å². The average Bonchev–Trinajstić information content (AvgIpc) is 3.00. The zero-order valence-corrected chi connectivity index (χ0v) is 19.2. The van der Waals surface area contributed by atoms with Gasteiger partial charge in [0.1, 0.15) is 0 Å². The van der Waals surface area contributed by atoms with Crippen molar-refractivity contribution >= 4 is 0 Å². The molecule has 166 valence electrons. The smallest absolute Gasteiger partial charge is 0.0844 e. The predicted molar refractivity (Wildman–Crippen MR) is 123 cm³/mol. The summed E-state index contributed by atoms with van der Waals surface area (Å²) in [5.74, 6) is 1.64. The van der Waals surface area contributed by atoms with Gasteiger partial charge in [-0.2, -0.15) is 0 Å². The zero-order chi connectivity index (χ0) is 22.1. The third kappa shape index (κ3) is 5.08. The van der Waals surface area contributed by atoms with Crippen molar-refractivity contribution in [1.29, 1.82) is 0 Å². The van der Waals surface area contributed by atoms with Crippen LogP contribution < -0.4 is 0 Å². The molecule has 3 aliphatic rings. The van der Waals surface area contributed by atoms with E-state index in [9.17, 15) is 15.3 Å². The van der Waals surface area contributed by atoms with Crippen LogP contribution in [0.1, 0.15) is 72.6 Å². The number of hydrogen-bond acceptors (Lipinski definition) is 3. The lowest BCUT2D eigenvalue weighted by Gasteiger charge is -2.44. The Morgan fingerprint density at radius 2 is 1.97 bits per heavy atom. The molecule has 3 unspecified atom stereocenters. The normalized spacial score (nSPS) is 38.3. The van der Waals surface area contributed by atoms with Gasteiger partial charge >= 0.3 is 0 Å². The molecule has 0 amide bonds. The van der Waals surface area contributed by atoms with E-state index >= 15 is 0 Å². The van der Waals surface area contributed by atoms with Gasteiger partial charge in [0.05, 0.1) is 17.8 Å². The van der Waals surface area contributed by atoms with Crippen LogP contribution in [0, 0.1) is 23.2 Å². The maximum atomic E-state index is 10.1. The minimum absolute atomic E-state index is 0.289. The number of aliphatic hydroxyl groups excluding tert-OH is 2. The van der Waals surface area contributed by atoms with Crippen molar-refractivity contribution in [2.24, 2.45) is 23.2 Å². The molecule has 30 heavy (non-hydrogen) atoms. The molecule has 0 bridgehead atoms. The number of fused-ring (bicyclic) bond motifs is 1. The van der Waals surface area contributed by atoms with Crippen LogP contribution in [0.15, 0.2) is 53.3 Å². The Balaban J connectivity index is 1.79. The van der Waals surface area contributed by atoms with E-state index < -0.39 is 17.8 Å². The van der Waals surface area contributed by atoms with E-state index in [4.69, 9.17) is 0 Å². The lowest BCUT2D eigenvalue weighted by molar-refractivity contribution is 0.0862. The van der Waals surface area contributed by atoms with Gasteiger partial charge in [0.25, 0.3) is 0 Å². The van der Waals surface area contributed by atoms with Gasteiger partial charge in [-0.3, -0.25) is 0 Å². The number of rotatable bonds is 4. The third-order valence-electron chi connectivity index (χ3n) is 7.73. The van der Waals surface area contributed by atoms with Crippen molar-refractivity contribution in [2.45, 2.75) is 90.4 Å². The lowest BCUT2D eigenvalue weighted by atomic mass is 9.61. The number of aliphatic hydroxyl groups is 3. The van der Waals surface area contributed by atoms with Crippen LogP contribution in [0.5, 0.6) is 0 Å². The highest BCUT2D eigenvalue weighted by atomic mass is 16.3. The van der Waals surface area contributed by atoms with Crippen LogP contribution in [0.3, 0.4) is 0 Å². The molecule has 3 N–H and O–H groups in total. The summed E-state index contributed by atoms with van der Waals surface area (Å²) in [6.07, 6.45) is 14.2. The molecular formula is C27H40O3. The van der Waals surface area contributed by atoms with Crippen molar-refractivity contribution in [2.75, 3.05) is 0 Å². The van der Waals surface area contributed by atoms with Gasteiger partial charge in [-0.25, -0.2) is 0 Å². The van der Waals surface area contributed by atoms with Crippen LogP contribution in [0.25, 0.3) is 0 Å². The fraction of sp³-hybridized carbons (Fsp3) is 0.667. The fourth-order valence-corrected chi connectivity index (χ4v) is 6.13. The zero-order valence-electron chi connectivity index (χ0n) is 19.2. The standard InChI is InChI=1S/C27H40O3/c1-18(8-6-14-26(3,4)30)23-12-13-24-20(9-7-15-27(23,24)5)10-11-21-16-22(28)17-25(29)19(21)2/h8,10-11,14,18,22-25,28-30H,2,7,9,12-13,15-17H2,1,3-5H3/b20-10+,21-11-/t6?,18?,22?,23-,24?,25+,27-/m1/s1. The Morgan fingerprint density at radius 3 is 2.67 bits per heavy atom. The second kappa shape index (κ2) is 9.01. The second-order valence-electron chi connectivity index (χ2n) is 10.7. The van der Waals surface area contributed by atoms with Gasteiger partial charge in [0.2, 0.25) is 0 Å². The fourth-order valence-electron chi connectivity index (χ4n) is 6.13. The highest BCUT2D eigenvalue weighted by molar-refractivity contribution is 5.38. The molecule has 3 nitrogen and oxygen atoms in total. The van der Waals surface area contributed by atoms with E-state index in [0.29, 0.717) is 30.6 Å². The molecule has 0 aromatic carbocycles. The molecular weight excluding hydrogens is 372 g/mol. The lowest BCUT2D eigenvalue weighted by Crippen LogP contribution is -2.35. The highest BCUT2D eigenvalue weighted by Gasteiger charge is 2.50. The molecule has 0 radical (unpaired) electrons. The third-order valence-corrected chi connectivity index (χ3v) is 7.73. The van der Waals surface area contributed by atoms with Gasteiger partial charge in [-0.1, -0.05) is 38.2 Å². The summed E-state index contributed by atoms with van der Waals surface area (Å²) in [5.41, 5.74) is 5.96. The minimum Gasteiger partial charge on any atom is -0.393 e. The molecule has 0 spiro atoms. The maximum absolute atomic E-state index is 10.1. The maximum Gasteiger partial charge on any atom is 0.0844 e. The Bertz CT molecular complexity index is 774. The van der Waals surface area contributed by atoms with Crippen molar-refractivity contribution in [3.8, 4) is 0 Å². The van der Waals surface area contributed by atoms with Gasteiger partial charge in [-0.15, -0.1) is 5.73 Å². The van der Waals surface area contributed by atoms with Crippen molar-refractivity contribution in [1.82, 2.24) is 0 Å². The van der Waals surface area contributed by atoms with E-state index in [-0.39, 0.29) is 5.41 Å². The predicted octanol–water partition coefficient (Wildman–Crippen LogP) is 5.25. The van der Waals surface area contributed by atoms with Crippen LogP contribution in [0.4, 0.5) is 0 Å². The first kappa shape index (κ1) is 23.3. The molecule has 0 aliphatic heterocycles. The van der Waals surface area contributed by atoms with Gasteiger partial charge in [-0.05, 0) is 98.8 Å². The molecule has 0 aromatic heterocycles. The Morgan fingerprint density at radius 1 is 1.23 bits per heavy atom. The van der Waals surface area contributed by atoms with E-state index in [1.807, 2.05) is 0 Å². The summed E-state index contributed by atoms with van der Waals surface area (Å²) in [5, 5.41) is 30.0. The molecule has 3 fully saturated rings. The van der Waals surface area contributed by atoms with E-state index in [0.717, 1.165) is 17.6 Å². The average molecular weight is 413 g/mol. The quantitative estimate of drug-likeness (QED) is 0.553. The molecule has 0 saturated heterocycles.